The van der Waals surface area contributed by atoms with E-state index in [9.17, 15) is 12.8 Å². The number of nitrogens with zero attached hydrogens (tertiary/aromatic N) is 5. The van der Waals surface area contributed by atoms with Gasteiger partial charge in [0.05, 0.1) is 0 Å². The predicted molar refractivity (Wildman–Crippen MR) is 93.7 cm³/mol. The molecule has 1 aliphatic heterocycles. The van der Waals surface area contributed by atoms with Crippen LogP contribution in [0.5, 0.6) is 0 Å². The summed E-state index contributed by atoms with van der Waals surface area (Å²) in [4.78, 5) is 3.55. The smallest absolute Gasteiger partial charge is 0.246 e. The summed E-state index contributed by atoms with van der Waals surface area (Å²) in [7, 11) is -0.0574. The lowest BCUT2D eigenvalue weighted by Gasteiger charge is -2.34. The number of hydrogen-bond acceptors (Lipinski definition) is 6. The fourth-order valence-electron chi connectivity index (χ4n) is 2.68. The van der Waals surface area contributed by atoms with Crippen LogP contribution in [-0.2, 0) is 10.0 Å². The minimum atomic E-state index is -3.83. The lowest BCUT2D eigenvalue weighted by atomic mass is 10.3. The normalized spacial score (nSPS) is 16.0. The van der Waals surface area contributed by atoms with Crippen LogP contribution in [0.3, 0.4) is 0 Å². The van der Waals surface area contributed by atoms with Gasteiger partial charge in [-0.3, -0.25) is 0 Å². The van der Waals surface area contributed by atoms with Gasteiger partial charge in [0.2, 0.25) is 10.0 Å². The quantitative estimate of drug-likeness (QED) is 0.811. The molecular weight excluding hydrogens is 345 g/mol. The van der Waals surface area contributed by atoms with Crippen molar-refractivity contribution in [3.63, 3.8) is 0 Å². The molecule has 1 aromatic heterocycles. The fraction of sp³-hybridized carbons (Fsp3) is 0.375. The zero-order chi connectivity index (χ0) is 18.0. The standard InChI is InChI=1S/C16H20FN5O2S/c1-20(2)15-7-8-16(19-18-15)21-9-11-22(12-10-21)25(23,24)14-6-4-3-5-13(14)17/h3-8H,9-12H2,1-2H3. The van der Waals surface area contributed by atoms with Crippen molar-refractivity contribution in [3.05, 3.63) is 42.2 Å². The van der Waals surface area contributed by atoms with Gasteiger partial charge in [-0.15, -0.1) is 10.2 Å². The van der Waals surface area contributed by atoms with Crippen LogP contribution in [0, 0.1) is 5.82 Å². The Hall–Kier alpha value is -2.26. The molecule has 3 rings (SSSR count). The van der Waals surface area contributed by atoms with Gasteiger partial charge in [-0.2, -0.15) is 4.31 Å². The molecule has 1 aromatic carbocycles. The largest absolute Gasteiger partial charge is 0.361 e. The Kier molecular flexibility index (Phi) is 4.87. The molecule has 134 valence electrons. The Morgan fingerprint density at radius 1 is 1.00 bits per heavy atom. The Bertz CT molecular complexity index is 834. The van der Waals surface area contributed by atoms with Crippen LogP contribution in [-0.4, -0.2) is 63.2 Å². The molecule has 1 aliphatic rings. The van der Waals surface area contributed by atoms with Crippen LogP contribution in [0.15, 0.2) is 41.3 Å². The van der Waals surface area contributed by atoms with Gasteiger partial charge < -0.3 is 9.80 Å². The van der Waals surface area contributed by atoms with Crippen molar-refractivity contribution in [3.8, 4) is 0 Å². The molecule has 0 atom stereocenters. The molecule has 0 radical (unpaired) electrons. The van der Waals surface area contributed by atoms with Crippen molar-refractivity contribution >= 4 is 21.7 Å². The van der Waals surface area contributed by atoms with E-state index < -0.39 is 15.8 Å². The van der Waals surface area contributed by atoms with E-state index in [4.69, 9.17) is 0 Å². The van der Waals surface area contributed by atoms with Gasteiger partial charge in [0.25, 0.3) is 0 Å². The molecule has 7 nitrogen and oxygen atoms in total. The summed E-state index contributed by atoms with van der Waals surface area (Å²) in [6.45, 7) is 1.49. The highest BCUT2D eigenvalue weighted by atomic mass is 32.2. The highest BCUT2D eigenvalue weighted by Crippen LogP contribution is 2.22. The van der Waals surface area contributed by atoms with Crippen LogP contribution >= 0.6 is 0 Å². The van der Waals surface area contributed by atoms with Crippen molar-refractivity contribution in [2.24, 2.45) is 0 Å². The van der Waals surface area contributed by atoms with E-state index >= 15 is 0 Å². The monoisotopic (exact) mass is 365 g/mol. The summed E-state index contributed by atoms with van der Waals surface area (Å²) >= 11 is 0. The lowest BCUT2D eigenvalue weighted by Crippen LogP contribution is -2.49. The number of rotatable bonds is 4. The fourth-order valence-corrected chi connectivity index (χ4v) is 4.16. The predicted octanol–water partition coefficient (Wildman–Crippen LogP) is 1.19. The van der Waals surface area contributed by atoms with E-state index in [0.717, 1.165) is 11.9 Å². The number of sulfonamides is 1. The molecule has 9 heteroatoms. The van der Waals surface area contributed by atoms with Crippen molar-refractivity contribution < 1.29 is 12.8 Å². The van der Waals surface area contributed by atoms with E-state index in [0.29, 0.717) is 18.9 Å². The van der Waals surface area contributed by atoms with Crippen LogP contribution in [0.2, 0.25) is 0 Å². The van der Waals surface area contributed by atoms with Crippen LogP contribution in [0.1, 0.15) is 0 Å². The first kappa shape index (κ1) is 17.6. The number of piperazine rings is 1. The summed E-state index contributed by atoms with van der Waals surface area (Å²) in [5, 5.41) is 8.32. The zero-order valence-corrected chi connectivity index (χ0v) is 14.9. The van der Waals surface area contributed by atoms with Crippen LogP contribution < -0.4 is 9.80 Å². The molecule has 0 unspecified atom stereocenters. The maximum Gasteiger partial charge on any atom is 0.246 e. The van der Waals surface area contributed by atoms with Crippen molar-refractivity contribution in [2.75, 3.05) is 50.1 Å². The third-order valence-corrected chi connectivity index (χ3v) is 6.04. The highest BCUT2D eigenvalue weighted by Gasteiger charge is 2.30. The highest BCUT2D eigenvalue weighted by molar-refractivity contribution is 7.89. The van der Waals surface area contributed by atoms with Gasteiger partial charge >= 0.3 is 0 Å². The molecule has 25 heavy (non-hydrogen) atoms. The van der Waals surface area contributed by atoms with E-state index in [1.54, 1.807) is 0 Å². The van der Waals surface area contributed by atoms with Gasteiger partial charge in [-0.25, -0.2) is 12.8 Å². The molecule has 0 amide bonds. The third kappa shape index (κ3) is 3.57. The Morgan fingerprint density at radius 2 is 1.68 bits per heavy atom. The maximum atomic E-state index is 13.8. The first-order valence-electron chi connectivity index (χ1n) is 7.90. The molecule has 2 heterocycles. The summed E-state index contributed by atoms with van der Waals surface area (Å²) in [5.41, 5.74) is 0. The second-order valence-corrected chi connectivity index (χ2v) is 7.87. The van der Waals surface area contributed by atoms with E-state index in [1.807, 2.05) is 36.0 Å². The van der Waals surface area contributed by atoms with Crippen LogP contribution in [0.25, 0.3) is 0 Å². The number of halogens is 1. The first-order valence-corrected chi connectivity index (χ1v) is 9.34. The number of aromatic nitrogens is 2. The van der Waals surface area contributed by atoms with Crippen molar-refractivity contribution in [2.45, 2.75) is 4.90 Å². The Morgan fingerprint density at radius 3 is 2.24 bits per heavy atom. The van der Waals surface area contributed by atoms with Crippen LogP contribution in [0.4, 0.5) is 16.0 Å². The number of hydrogen-bond donors (Lipinski definition) is 0. The molecule has 0 aliphatic carbocycles. The maximum absolute atomic E-state index is 13.8. The molecule has 1 fully saturated rings. The molecule has 1 saturated heterocycles. The van der Waals surface area contributed by atoms with Gasteiger partial charge in [-0.05, 0) is 24.3 Å². The van der Waals surface area contributed by atoms with Crippen molar-refractivity contribution in [1.82, 2.24) is 14.5 Å². The van der Waals surface area contributed by atoms with Gasteiger partial charge in [-0.1, -0.05) is 12.1 Å². The van der Waals surface area contributed by atoms with Gasteiger partial charge in [0.15, 0.2) is 11.6 Å². The topological polar surface area (TPSA) is 69.6 Å². The summed E-state index contributed by atoms with van der Waals surface area (Å²) < 4.78 is 40.4. The molecule has 0 spiro atoms. The summed E-state index contributed by atoms with van der Waals surface area (Å²) in [6, 6.07) is 9.18. The zero-order valence-electron chi connectivity index (χ0n) is 14.1. The number of benzene rings is 1. The second-order valence-electron chi connectivity index (χ2n) is 5.97. The second kappa shape index (κ2) is 6.93. The molecule has 2 aromatic rings. The Balaban J connectivity index is 1.70. The SMILES string of the molecule is CN(C)c1ccc(N2CCN(S(=O)(=O)c3ccccc3F)CC2)nn1. The molecule has 0 N–H and O–H groups in total. The van der Waals surface area contributed by atoms with E-state index in [1.165, 1.54) is 22.5 Å². The molecule has 0 bridgehead atoms. The third-order valence-electron chi connectivity index (χ3n) is 4.11. The summed E-state index contributed by atoms with van der Waals surface area (Å²) in [6.07, 6.45) is 0. The van der Waals surface area contributed by atoms with Crippen molar-refractivity contribution in [1.29, 1.82) is 0 Å². The van der Waals surface area contributed by atoms with E-state index in [2.05, 4.69) is 10.2 Å². The molecular formula is C16H20FN5O2S. The minimum Gasteiger partial charge on any atom is -0.361 e. The van der Waals surface area contributed by atoms with Gasteiger partial charge in [0.1, 0.15) is 10.7 Å². The average molecular weight is 365 g/mol. The Labute approximate surface area is 146 Å². The van der Waals surface area contributed by atoms with E-state index in [-0.39, 0.29) is 18.0 Å². The number of anilines is 2. The summed E-state index contributed by atoms with van der Waals surface area (Å²) in [5.74, 6) is 0.730. The van der Waals surface area contributed by atoms with Gasteiger partial charge in [0, 0.05) is 40.3 Å². The average Bonchev–Trinajstić information content (AvgIpc) is 2.62. The molecule has 0 saturated carbocycles. The minimum absolute atomic E-state index is 0.272. The first-order chi connectivity index (χ1) is 11.9. The lowest BCUT2D eigenvalue weighted by molar-refractivity contribution is 0.381.